The molecule has 226 valence electrons. The van der Waals surface area contributed by atoms with Crippen molar-refractivity contribution < 1.29 is 27.2 Å². The highest BCUT2D eigenvalue weighted by atomic mass is 79.9. The van der Waals surface area contributed by atoms with Crippen LogP contribution in [0.1, 0.15) is 35.1 Å². The van der Waals surface area contributed by atoms with Gasteiger partial charge in [-0.25, -0.2) is 13.2 Å². The number of halogens is 1. The number of carbonyl (C=O) groups excluding carboxylic acids is 2. The maximum absolute atomic E-state index is 13.8. The molecule has 1 aliphatic heterocycles. The number of allylic oxidation sites excluding steroid dienone is 2. The second kappa shape index (κ2) is 12.8. The lowest BCUT2D eigenvalue weighted by atomic mass is 10.1. The van der Waals surface area contributed by atoms with Crippen molar-refractivity contribution in [3.63, 3.8) is 0 Å². The highest BCUT2D eigenvalue weighted by Crippen LogP contribution is 2.36. The van der Waals surface area contributed by atoms with Crippen molar-refractivity contribution in [2.24, 2.45) is 0 Å². The molecule has 1 aliphatic rings. The molecule has 0 saturated heterocycles. The molecule has 10 heteroatoms. The van der Waals surface area contributed by atoms with E-state index in [4.69, 9.17) is 9.15 Å². The third-order valence-electron chi connectivity index (χ3n) is 7.30. The topological polar surface area (TPSA) is 97.1 Å². The summed E-state index contributed by atoms with van der Waals surface area (Å²) in [7, 11) is -2.66. The number of benzene rings is 3. The minimum Gasteiger partial charge on any atom is -0.465 e. The average molecular weight is 676 g/mol. The van der Waals surface area contributed by atoms with Gasteiger partial charge < -0.3 is 14.1 Å². The molecule has 0 radical (unpaired) electrons. The molecule has 0 bridgehead atoms. The third kappa shape index (κ3) is 6.47. The first-order valence-electron chi connectivity index (χ1n) is 13.8. The summed E-state index contributed by atoms with van der Waals surface area (Å²) in [6.45, 7) is 5.65. The van der Waals surface area contributed by atoms with Gasteiger partial charge in [0.1, 0.15) is 17.1 Å². The Hall–Kier alpha value is -4.25. The zero-order chi connectivity index (χ0) is 31.6. The van der Waals surface area contributed by atoms with E-state index in [9.17, 15) is 18.0 Å². The maximum atomic E-state index is 13.8. The van der Waals surface area contributed by atoms with Gasteiger partial charge in [-0.15, -0.1) is 0 Å². The van der Waals surface area contributed by atoms with Crippen LogP contribution < -0.4 is 4.90 Å². The van der Waals surface area contributed by atoms with Gasteiger partial charge >= 0.3 is 5.97 Å². The van der Waals surface area contributed by atoms with Crippen LogP contribution in [0.15, 0.2) is 116 Å². The number of nitrogens with zero attached hydrogens (tertiary/aromatic N) is 2. The summed E-state index contributed by atoms with van der Waals surface area (Å²) in [5.41, 5.74) is 4.09. The van der Waals surface area contributed by atoms with E-state index < -0.39 is 21.8 Å². The van der Waals surface area contributed by atoms with Crippen LogP contribution in [0.5, 0.6) is 0 Å². The number of hydrogen-bond donors (Lipinski definition) is 0. The van der Waals surface area contributed by atoms with Crippen molar-refractivity contribution in [2.45, 2.75) is 38.8 Å². The van der Waals surface area contributed by atoms with Gasteiger partial charge in [-0.05, 0) is 74.9 Å². The Morgan fingerprint density at radius 3 is 2.11 bits per heavy atom. The van der Waals surface area contributed by atoms with Crippen molar-refractivity contribution in [3.05, 3.63) is 135 Å². The first kappa shape index (κ1) is 31.2. The molecular weight excluding hydrogens is 644 g/mol. The largest absolute Gasteiger partial charge is 0.465 e. The summed E-state index contributed by atoms with van der Waals surface area (Å²) >= 11 is 3.43. The van der Waals surface area contributed by atoms with Gasteiger partial charge in [0, 0.05) is 28.5 Å². The first-order chi connectivity index (χ1) is 21.0. The van der Waals surface area contributed by atoms with E-state index in [-0.39, 0.29) is 29.3 Å². The standard InChI is InChI=1S/C34H31BrN2O6S/c1-22-5-9-25(10-6-22)20-36(44(40,41)30-17-7-23(2)8-18-30)21-29-16-15-28(43-29)19-31-33(38)32(34(39)42-4)24(3)37(31)27-13-11-26(35)12-14-27/h5-19H,20-21H2,1-4H3/b31-19+. The number of ether oxygens (including phenoxy) is 1. The van der Waals surface area contributed by atoms with Crippen molar-refractivity contribution in [1.29, 1.82) is 0 Å². The molecule has 0 spiro atoms. The molecule has 0 amide bonds. The Morgan fingerprint density at radius 2 is 1.50 bits per heavy atom. The number of rotatable bonds is 9. The van der Waals surface area contributed by atoms with Crippen LogP contribution in [0.2, 0.25) is 0 Å². The maximum Gasteiger partial charge on any atom is 0.343 e. The van der Waals surface area contributed by atoms with Crippen LogP contribution in [0.4, 0.5) is 5.69 Å². The van der Waals surface area contributed by atoms with Gasteiger partial charge in [0.05, 0.1) is 24.2 Å². The number of aryl methyl sites for hydroxylation is 2. The lowest BCUT2D eigenvalue weighted by molar-refractivity contribution is -0.137. The van der Waals surface area contributed by atoms with Gasteiger partial charge in [-0.1, -0.05) is 63.5 Å². The Bertz CT molecular complexity index is 1870. The number of methoxy groups -OCH3 is 1. The zero-order valence-electron chi connectivity index (χ0n) is 24.7. The molecule has 0 saturated carbocycles. The molecule has 0 fully saturated rings. The molecule has 0 unspecified atom stereocenters. The Morgan fingerprint density at radius 1 is 0.886 bits per heavy atom. The van der Waals surface area contributed by atoms with Crippen molar-refractivity contribution >= 4 is 49.5 Å². The molecular formula is C34H31BrN2O6S. The number of sulfonamides is 1. The van der Waals surface area contributed by atoms with E-state index in [0.29, 0.717) is 22.9 Å². The summed E-state index contributed by atoms with van der Waals surface area (Å²) in [6.07, 6.45) is 1.55. The fraction of sp³-hybridized carbons (Fsp3) is 0.176. The van der Waals surface area contributed by atoms with E-state index in [2.05, 4.69) is 15.9 Å². The van der Waals surface area contributed by atoms with Gasteiger partial charge in [-0.2, -0.15) is 4.31 Å². The van der Waals surface area contributed by atoms with Crippen LogP contribution in [0.3, 0.4) is 0 Å². The normalized spacial score (nSPS) is 14.6. The molecule has 4 aromatic rings. The number of carbonyl (C=O) groups is 2. The van der Waals surface area contributed by atoms with Crippen LogP contribution in [0, 0.1) is 13.8 Å². The number of esters is 1. The highest BCUT2D eigenvalue weighted by Gasteiger charge is 2.38. The lowest BCUT2D eigenvalue weighted by Crippen LogP contribution is -2.30. The van der Waals surface area contributed by atoms with Crippen molar-refractivity contribution in [1.82, 2.24) is 4.31 Å². The molecule has 44 heavy (non-hydrogen) atoms. The predicted octanol–water partition coefficient (Wildman–Crippen LogP) is 6.93. The molecule has 0 atom stereocenters. The second-order valence-corrected chi connectivity index (χ2v) is 13.4. The molecule has 3 aromatic carbocycles. The SMILES string of the molecule is COC(=O)C1=C(C)N(c2ccc(Br)cc2)/C(=C/c2ccc(CN(Cc3ccc(C)cc3)S(=O)(=O)c3ccc(C)cc3)o2)C1=O. The average Bonchev–Trinajstić information content (AvgIpc) is 3.54. The summed E-state index contributed by atoms with van der Waals surface area (Å²) < 4.78 is 40.8. The molecule has 2 heterocycles. The fourth-order valence-corrected chi connectivity index (χ4v) is 6.59. The van der Waals surface area contributed by atoms with Crippen LogP contribution >= 0.6 is 15.9 Å². The zero-order valence-corrected chi connectivity index (χ0v) is 27.1. The minimum absolute atomic E-state index is 0.0394. The molecule has 8 nitrogen and oxygen atoms in total. The number of anilines is 1. The van der Waals surface area contributed by atoms with E-state index in [1.54, 1.807) is 54.3 Å². The van der Waals surface area contributed by atoms with E-state index in [1.807, 2.05) is 62.4 Å². The minimum atomic E-state index is -3.89. The summed E-state index contributed by atoms with van der Waals surface area (Å²) in [5.74, 6) is -0.519. The predicted molar refractivity (Wildman–Crippen MR) is 172 cm³/mol. The molecule has 1 aromatic heterocycles. The van der Waals surface area contributed by atoms with Crippen molar-refractivity contribution in [3.8, 4) is 0 Å². The quantitative estimate of drug-likeness (QED) is 0.108. The first-order valence-corrected chi connectivity index (χ1v) is 16.0. The Balaban J connectivity index is 1.49. The summed E-state index contributed by atoms with van der Waals surface area (Å²) in [4.78, 5) is 27.9. The van der Waals surface area contributed by atoms with Crippen LogP contribution in [0.25, 0.3) is 6.08 Å². The molecule has 5 rings (SSSR count). The number of hydrogen-bond acceptors (Lipinski definition) is 7. The fourth-order valence-electron chi connectivity index (χ4n) is 4.93. The van der Waals surface area contributed by atoms with Crippen LogP contribution in [-0.4, -0.2) is 31.6 Å². The van der Waals surface area contributed by atoms with E-state index in [1.165, 1.54) is 11.4 Å². The summed E-state index contributed by atoms with van der Waals surface area (Å²) in [5, 5.41) is 0. The van der Waals surface area contributed by atoms with E-state index >= 15 is 0 Å². The number of ketones is 1. The van der Waals surface area contributed by atoms with Gasteiger partial charge in [0.2, 0.25) is 15.8 Å². The summed E-state index contributed by atoms with van der Waals surface area (Å²) in [6, 6.07) is 25.1. The van der Waals surface area contributed by atoms with Crippen LogP contribution in [-0.2, 0) is 37.4 Å². The highest BCUT2D eigenvalue weighted by molar-refractivity contribution is 9.10. The lowest BCUT2D eigenvalue weighted by Gasteiger charge is -2.22. The number of Topliss-reactive ketones (excluding diaryl/α,β-unsaturated/α-hetero) is 1. The van der Waals surface area contributed by atoms with Crippen molar-refractivity contribution in [2.75, 3.05) is 12.0 Å². The second-order valence-electron chi connectivity index (χ2n) is 10.5. The van der Waals surface area contributed by atoms with E-state index in [0.717, 1.165) is 21.2 Å². The smallest absolute Gasteiger partial charge is 0.343 e. The van der Waals surface area contributed by atoms with Gasteiger partial charge in [0.15, 0.2) is 0 Å². The third-order valence-corrected chi connectivity index (χ3v) is 9.64. The van der Waals surface area contributed by atoms with Gasteiger partial charge in [-0.3, -0.25) is 4.79 Å². The monoisotopic (exact) mass is 674 g/mol. The number of furan rings is 1. The molecule has 0 aliphatic carbocycles. The Labute approximate surface area is 265 Å². The molecule has 0 N–H and O–H groups in total. The van der Waals surface area contributed by atoms with Gasteiger partial charge in [0.25, 0.3) is 0 Å². The Kier molecular flexibility index (Phi) is 9.05.